The minimum absolute atomic E-state index is 0.586. The maximum absolute atomic E-state index is 6.31. The minimum Gasteiger partial charge on any atom is -0.375 e. The van der Waals surface area contributed by atoms with Crippen molar-refractivity contribution in [3.05, 3.63) is 0 Å². The van der Waals surface area contributed by atoms with Gasteiger partial charge < -0.3 is 4.74 Å². The lowest BCUT2D eigenvalue weighted by atomic mass is 9.89. The number of rotatable bonds is 2. The molecule has 2 aliphatic carbocycles. The first-order valence-electron chi connectivity index (χ1n) is 7.39. The summed E-state index contributed by atoms with van der Waals surface area (Å²) >= 11 is 0. The molecule has 0 aromatic carbocycles. The molecule has 2 unspecified atom stereocenters. The molecule has 0 N–H and O–H groups in total. The molecule has 2 rings (SSSR count). The van der Waals surface area contributed by atoms with E-state index in [1.807, 2.05) is 0 Å². The van der Waals surface area contributed by atoms with Crippen LogP contribution in [0, 0.1) is 11.8 Å². The third kappa shape index (κ3) is 3.76. The van der Waals surface area contributed by atoms with Gasteiger partial charge in [-0.1, -0.05) is 26.7 Å². The molecule has 0 aliphatic heterocycles. The Morgan fingerprint density at radius 2 is 1.12 bits per heavy atom. The van der Waals surface area contributed by atoms with Crippen molar-refractivity contribution < 1.29 is 4.74 Å². The third-order valence-corrected chi connectivity index (χ3v) is 4.55. The maximum atomic E-state index is 6.31. The molecule has 2 aliphatic rings. The van der Waals surface area contributed by atoms with Crippen molar-refractivity contribution in [2.45, 2.75) is 83.8 Å². The van der Waals surface area contributed by atoms with Gasteiger partial charge in [0.05, 0.1) is 12.2 Å². The smallest absolute Gasteiger partial charge is 0.0579 e. The molecule has 94 valence electrons. The van der Waals surface area contributed by atoms with Crippen molar-refractivity contribution in [2.24, 2.45) is 11.8 Å². The van der Waals surface area contributed by atoms with Crippen molar-refractivity contribution in [2.75, 3.05) is 0 Å². The Morgan fingerprint density at radius 3 is 1.75 bits per heavy atom. The van der Waals surface area contributed by atoms with E-state index in [9.17, 15) is 0 Å². The number of ether oxygens (including phenoxy) is 1. The highest BCUT2D eigenvalue weighted by Crippen LogP contribution is 2.30. The summed E-state index contributed by atoms with van der Waals surface area (Å²) in [6.45, 7) is 4.77. The highest BCUT2D eigenvalue weighted by Gasteiger charge is 2.23. The summed E-state index contributed by atoms with van der Waals surface area (Å²) in [7, 11) is 0. The molecule has 0 saturated heterocycles. The van der Waals surface area contributed by atoms with Crippen LogP contribution in [0.4, 0.5) is 0 Å². The summed E-state index contributed by atoms with van der Waals surface area (Å²) in [4.78, 5) is 0. The molecule has 0 bridgehead atoms. The lowest BCUT2D eigenvalue weighted by Crippen LogP contribution is -2.26. The zero-order valence-corrected chi connectivity index (χ0v) is 11.1. The SMILES string of the molecule is CC1CCCC(OC2CCC(C)CC2)CC1. The predicted molar refractivity (Wildman–Crippen MR) is 68.5 cm³/mol. The van der Waals surface area contributed by atoms with E-state index in [-0.39, 0.29) is 0 Å². The fourth-order valence-corrected chi connectivity index (χ4v) is 3.23. The fourth-order valence-electron chi connectivity index (χ4n) is 3.23. The Balaban J connectivity index is 1.72. The molecule has 0 aromatic rings. The number of hydrogen-bond acceptors (Lipinski definition) is 1. The Kier molecular flexibility index (Phi) is 4.69. The largest absolute Gasteiger partial charge is 0.375 e. The second kappa shape index (κ2) is 6.05. The van der Waals surface area contributed by atoms with Gasteiger partial charge in [-0.25, -0.2) is 0 Å². The fraction of sp³-hybridized carbons (Fsp3) is 1.00. The highest BCUT2D eigenvalue weighted by atomic mass is 16.5. The van der Waals surface area contributed by atoms with Gasteiger partial charge in [0.15, 0.2) is 0 Å². The van der Waals surface area contributed by atoms with E-state index < -0.39 is 0 Å². The molecule has 0 heterocycles. The molecular formula is C15H28O. The van der Waals surface area contributed by atoms with Gasteiger partial charge in [0.1, 0.15) is 0 Å². The van der Waals surface area contributed by atoms with E-state index in [1.54, 1.807) is 0 Å². The summed E-state index contributed by atoms with van der Waals surface area (Å²) in [6, 6.07) is 0. The molecule has 2 fully saturated rings. The molecule has 0 radical (unpaired) electrons. The van der Waals surface area contributed by atoms with Gasteiger partial charge in [-0.05, 0) is 56.8 Å². The summed E-state index contributed by atoms with van der Waals surface area (Å²) in [5.74, 6) is 1.87. The van der Waals surface area contributed by atoms with Crippen molar-refractivity contribution in [1.29, 1.82) is 0 Å². The zero-order chi connectivity index (χ0) is 11.4. The van der Waals surface area contributed by atoms with Crippen LogP contribution in [0.3, 0.4) is 0 Å². The molecule has 0 spiro atoms. The highest BCUT2D eigenvalue weighted by molar-refractivity contribution is 4.74. The average Bonchev–Trinajstić information content (AvgIpc) is 2.47. The van der Waals surface area contributed by atoms with E-state index >= 15 is 0 Å². The van der Waals surface area contributed by atoms with Crippen LogP contribution >= 0.6 is 0 Å². The van der Waals surface area contributed by atoms with Gasteiger partial charge in [-0.15, -0.1) is 0 Å². The monoisotopic (exact) mass is 224 g/mol. The van der Waals surface area contributed by atoms with Crippen molar-refractivity contribution >= 4 is 0 Å². The molecular weight excluding hydrogens is 196 g/mol. The summed E-state index contributed by atoms with van der Waals surface area (Å²) in [6.07, 6.45) is 13.4. The molecule has 1 heteroatoms. The van der Waals surface area contributed by atoms with E-state index in [4.69, 9.17) is 4.74 Å². The predicted octanol–water partition coefficient (Wildman–Crippen LogP) is 4.55. The molecule has 2 saturated carbocycles. The normalized spacial score (nSPS) is 41.6. The van der Waals surface area contributed by atoms with Crippen LogP contribution in [-0.4, -0.2) is 12.2 Å². The third-order valence-electron chi connectivity index (χ3n) is 4.55. The van der Waals surface area contributed by atoms with Gasteiger partial charge in [0.25, 0.3) is 0 Å². The van der Waals surface area contributed by atoms with Crippen molar-refractivity contribution in [3.63, 3.8) is 0 Å². The van der Waals surface area contributed by atoms with Gasteiger partial charge in [0.2, 0.25) is 0 Å². The van der Waals surface area contributed by atoms with Crippen molar-refractivity contribution in [3.8, 4) is 0 Å². The van der Waals surface area contributed by atoms with Crippen LogP contribution in [-0.2, 0) is 4.74 Å². The van der Waals surface area contributed by atoms with E-state index in [1.165, 1.54) is 57.8 Å². The van der Waals surface area contributed by atoms with E-state index in [0.717, 1.165) is 11.8 Å². The van der Waals surface area contributed by atoms with Gasteiger partial charge in [-0.2, -0.15) is 0 Å². The second-order valence-corrected chi connectivity index (χ2v) is 6.25. The van der Waals surface area contributed by atoms with Crippen LogP contribution in [0.25, 0.3) is 0 Å². The lowest BCUT2D eigenvalue weighted by Gasteiger charge is -2.29. The second-order valence-electron chi connectivity index (χ2n) is 6.25. The summed E-state index contributed by atoms with van der Waals surface area (Å²) in [5, 5.41) is 0. The topological polar surface area (TPSA) is 9.23 Å². The average molecular weight is 224 g/mol. The van der Waals surface area contributed by atoms with Crippen LogP contribution in [0.15, 0.2) is 0 Å². The molecule has 0 amide bonds. The van der Waals surface area contributed by atoms with Crippen LogP contribution in [0.2, 0.25) is 0 Å². The summed E-state index contributed by atoms with van der Waals surface area (Å²) in [5.41, 5.74) is 0. The molecule has 16 heavy (non-hydrogen) atoms. The van der Waals surface area contributed by atoms with Crippen LogP contribution in [0.5, 0.6) is 0 Å². The van der Waals surface area contributed by atoms with E-state index in [2.05, 4.69) is 13.8 Å². The molecule has 1 nitrogen and oxygen atoms in total. The Labute approximate surface area is 101 Å². The number of hydrogen-bond donors (Lipinski definition) is 0. The van der Waals surface area contributed by atoms with Gasteiger partial charge >= 0.3 is 0 Å². The molecule has 0 aromatic heterocycles. The molecule has 2 atom stereocenters. The standard InChI is InChI=1S/C15H28O/c1-12-4-3-5-14(9-6-12)16-15-10-7-13(2)8-11-15/h12-15H,3-11H2,1-2H3. The van der Waals surface area contributed by atoms with E-state index in [0.29, 0.717) is 12.2 Å². The van der Waals surface area contributed by atoms with Gasteiger partial charge in [-0.3, -0.25) is 0 Å². The Morgan fingerprint density at radius 1 is 0.625 bits per heavy atom. The Bertz CT molecular complexity index is 194. The Hall–Kier alpha value is -0.0400. The quantitative estimate of drug-likeness (QED) is 0.625. The van der Waals surface area contributed by atoms with Crippen molar-refractivity contribution in [1.82, 2.24) is 0 Å². The lowest BCUT2D eigenvalue weighted by molar-refractivity contribution is -0.0415. The maximum Gasteiger partial charge on any atom is 0.0579 e. The summed E-state index contributed by atoms with van der Waals surface area (Å²) < 4.78 is 6.31. The first-order valence-corrected chi connectivity index (χ1v) is 7.39. The first kappa shape index (κ1) is 12.4. The van der Waals surface area contributed by atoms with Gasteiger partial charge in [0, 0.05) is 0 Å². The first-order chi connectivity index (χ1) is 7.74. The zero-order valence-electron chi connectivity index (χ0n) is 11.1. The van der Waals surface area contributed by atoms with Crippen LogP contribution < -0.4 is 0 Å². The van der Waals surface area contributed by atoms with Crippen LogP contribution in [0.1, 0.15) is 71.6 Å². The minimum atomic E-state index is 0.586.